The van der Waals surface area contributed by atoms with Crippen molar-refractivity contribution in [1.82, 2.24) is 0 Å². The number of rotatable bonds is 6. The van der Waals surface area contributed by atoms with Crippen LogP contribution in [0.2, 0.25) is 0 Å². The molecule has 0 aliphatic carbocycles. The van der Waals surface area contributed by atoms with Crippen molar-refractivity contribution >= 4 is 17.6 Å². The third-order valence-electron chi connectivity index (χ3n) is 2.20. The molecule has 1 unspecified atom stereocenters. The van der Waals surface area contributed by atoms with Gasteiger partial charge in [0, 0.05) is 6.92 Å². The molecular weight excluding hydrogens is 347 g/mol. The van der Waals surface area contributed by atoms with E-state index in [2.05, 4.69) is 4.74 Å². The van der Waals surface area contributed by atoms with Crippen LogP contribution in [0.3, 0.4) is 0 Å². The molecule has 0 aliphatic heterocycles. The first-order chi connectivity index (χ1) is 9.10. The summed E-state index contributed by atoms with van der Waals surface area (Å²) in [6.07, 6.45) is -11.3. The minimum Gasteiger partial charge on any atom is -0.461 e. The monoisotopic (exact) mass is 354 g/mol. The average Bonchev–Trinajstić information content (AvgIpc) is 2.24. The van der Waals surface area contributed by atoms with E-state index in [9.17, 15) is 44.3 Å². The van der Waals surface area contributed by atoms with E-state index >= 15 is 0 Å². The molecule has 0 saturated carbocycles. The maximum atomic E-state index is 13.1. The minimum absolute atomic E-state index is 0.681. The van der Waals surface area contributed by atoms with Crippen LogP contribution in [0.25, 0.3) is 0 Å². The zero-order valence-corrected chi connectivity index (χ0v) is 10.8. The van der Waals surface area contributed by atoms with E-state index < -0.39 is 48.3 Å². The normalized spacial score (nSPS) is 15.8. The fraction of sp³-hybridized carbons (Fsp3) is 0.889. The smallest absolute Gasteiger partial charge is 0.460 e. The lowest BCUT2D eigenvalue weighted by molar-refractivity contribution is -0.398. The van der Waals surface area contributed by atoms with Crippen molar-refractivity contribution in [2.45, 2.75) is 43.4 Å². The number of esters is 1. The number of ether oxygens (including phenoxy) is 1. The highest BCUT2D eigenvalue weighted by molar-refractivity contribution is 6.18. The third-order valence-corrected chi connectivity index (χ3v) is 2.54. The lowest BCUT2D eigenvalue weighted by Crippen LogP contribution is -2.61. The quantitative estimate of drug-likeness (QED) is 0.409. The molecule has 0 aromatic heterocycles. The Morgan fingerprint density at radius 1 is 1.00 bits per heavy atom. The lowest BCUT2D eigenvalue weighted by Gasteiger charge is -2.34. The van der Waals surface area contributed by atoms with Gasteiger partial charge < -0.3 is 4.74 Å². The Morgan fingerprint density at radius 2 is 1.43 bits per heavy atom. The van der Waals surface area contributed by atoms with Crippen molar-refractivity contribution in [2.24, 2.45) is 0 Å². The van der Waals surface area contributed by atoms with Crippen LogP contribution < -0.4 is 0 Å². The second-order valence-electron chi connectivity index (χ2n) is 3.94. The molecule has 0 amide bonds. The Labute approximate surface area is 117 Å². The zero-order chi connectivity index (χ0) is 17.3. The summed E-state index contributed by atoms with van der Waals surface area (Å²) >= 11 is 5.01. The molecule has 0 heterocycles. The molecule has 21 heavy (non-hydrogen) atoms. The van der Waals surface area contributed by atoms with Gasteiger partial charge in [0.25, 0.3) is 0 Å². The van der Waals surface area contributed by atoms with E-state index in [4.69, 9.17) is 11.6 Å². The van der Waals surface area contributed by atoms with E-state index in [0.717, 1.165) is 0 Å². The summed E-state index contributed by atoms with van der Waals surface area (Å²) in [5.74, 6) is -21.8. The summed E-state index contributed by atoms with van der Waals surface area (Å²) in [7, 11) is 0. The van der Waals surface area contributed by atoms with Crippen molar-refractivity contribution < 1.29 is 49.0 Å². The molecule has 2 nitrogen and oxygen atoms in total. The van der Waals surface area contributed by atoms with Crippen LogP contribution in [-0.2, 0) is 9.53 Å². The van der Waals surface area contributed by atoms with E-state index in [0.29, 0.717) is 6.92 Å². The molecule has 0 saturated heterocycles. The summed E-state index contributed by atoms with van der Waals surface area (Å²) in [5.41, 5.74) is 0. The van der Waals surface area contributed by atoms with Gasteiger partial charge in [-0.2, -0.15) is 39.5 Å². The van der Waals surface area contributed by atoms with Gasteiger partial charge in [0.05, 0.1) is 12.3 Å². The van der Waals surface area contributed by atoms with Crippen LogP contribution in [0, 0.1) is 0 Å². The van der Waals surface area contributed by atoms with Crippen molar-refractivity contribution in [3.63, 3.8) is 0 Å². The molecule has 1 atom stereocenters. The van der Waals surface area contributed by atoms with Crippen LogP contribution in [-0.4, -0.2) is 41.9 Å². The number of halogens is 10. The fourth-order valence-corrected chi connectivity index (χ4v) is 1.36. The number of carbonyl (C=O) groups excluding carboxylic acids is 1. The average molecular weight is 355 g/mol. The van der Waals surface area contributed by atoms with E-state index in [-0.39, 0.29) is 0 Å². The predicted octanol–water partition coefficient (Wildman–Crippen LogP) is 4.02. The second kappa shape index (κ2) is 6.09. The molecule has 0 spiro atoms. The minimum atomic E-state index is -6.98. The maximum absolute atomic E-state index is 13.1. The van der Waals surface area contributed by atoms with E-state index in [1.807, 2.05) is 0 Å². The Morgan fingerprint density at radius 3 is 1.71 bits per heavy atom. The standard InChI is InChI=1S/C9H8ClF9O2/c1-4(20)21-5(3-10)2-6(11,12)7(13,14)8(15,16)9(17,18)19/h5H,2-3H2,1H3. The highest BCUT2D eigenvalue weighted by Gasteiger charge is 2.81. The molecule has 0 radical (unpaired) electrons. The fourth-order valence-electron chi connectivity index (χ4n) is 1.18. The van der Waals surface area contributed by atoms with Crippen LogP contribution >= 0.6 is 11.6 Å². The second-order valence-corrected chi connectivity index (χ2v) is 4.25. The summed E-state index contributed by atoms with van der Waals surface area (Å²) < 4.78 is 117. The molecular formula is C9H8ClF9O2. The van der Waals surface area contributed by atoms with E-state index in [1.54, 1.807) is 0 Å². The molecule has 0 rings (SSSR count). The van der Waals surface area contributed by atoms with Gasteiger partial charge in [-0.3, -0.25) is 4.79 Å². The zero-order valence-electron chi connectivity index (χ0n) is 10.1. The highest BCUT2D eigenvalue weighted by atomic mass is 35.5. The molecule has 126 valence electrons. The maximum Gasteiger partial charge on any atom is 0.460 e. The topological polar surface area (TPSA) is 26.3 Å². The Balaban J connectivity index is 5.42. The first-order valence-electron chi connectivity index (χ1n) is 5.03. The van der Waals surface area contributed by atoms with Crippen LogP contribution in [0.1, 0.15) is 13.3 Å². The van der Waals surface area contributed by atoms with Crippen LogP contribution in [0.5, 0.6) is 0 Å². The number of alkyl halides is 10. The van der Waals surface area contributed by atoms with Gasteiger partial charge in [0.2, 0.25) is 0 Å². The molecule has 0 aromatic carbocycles. The summed E-state index contributed by atoms with van der Waals surface area (Å²) in [6, 6.07) is 0. The Kier molecular flexibility index (Phi) is 5.84. The van der Waals surface area contributed by atoms with Gasteiger partial charge >= 0.3 is 29.9 Å². The van der Waals surface area contributed by atoms with Crippen LogP contribution in [0.4, 0.5) is 39.5 Å². The molecule has 0 bridgehead atoms. The Bertz CT molecular complexity index is 380. The lowest BCUT2D eigenvalue weighted by atomic mass is 9.99. The first-order valence-corrected chi connectivity index (χ1v) is 5.57. The van der Waals surface area contributed by atoms with Crippen molar-refractivity contribution in [3.8, 4) is 0 Å². The van der Waals surface area contributed by atoms with Gasteiger partial charge in [-0.05, 0) is 0 Å². The Hall–Kier alpha value is -0.870. The summed E-state index contributed by atoms with van der Waals surface area (Å²) in [4.78, 5) is 10.5. The van der Waals surface area contributed by atoms with Gasteiger partial charge in [-0.1, -0.05) is 0 Å². The number of hydrogen-bond donors (Lipinski definition) is 0. The largest absolute Gasteiger partial charge is 0.461 e. The molecule has 0 aliphatic rings. The number of carbonyl (C=O) groups is 1. The predicted molar refractivity (Wildman–Crippen MR) is 51.8 cm³/mol. The van der Waals surface area contributed by atoms with Gasteiger partial charge in [-0.15, -0.1) is 11.6 Å². The van der Waals surface area contributed by atoms with Crippen LogP contribution in [0.15, 0.2) is 0 Å². The first kappa shape index (κ1) is 20.1. The SMILES string of the molecule is CC(=O)OC(CCl)CC(F)(F)C(F)(F)C(F)(F)C(F)(F)F. The molecule has 0 aromatic rings. The summed E-state index contributed by atoms with van der Waals surface area (Å²) in [5, 5.41) is 0. The third kappa shape index (κ3) is 4.07. The van der Waals surface area contributed by atoms with Crippen molar-refractivity contribution in [3.05, 3.63) is 0 Å². The number of hydrogen-bond acceptors (Lipinski definition) is 2. The van der Waals surface area contributed by atoms with Gasteiger partial charge in [0.15, 0.2) is 0 Å². The molecule has 0 fully saturated rings. The molecule has 0 N–H and O–H groups in total. The van der Waals surface area contributed by atoms with Crippen molar-refractivity contribution in [2.75, 3.05) is 5.88 Å². The van der Waals surface area contributed by atoms with Crippen molar-refractivity contribution in [1.29, 1.82) is 0 Å². The summed E-state index contributed by atoms with van der Waals surface area (Å²) in [6.45, 7) is 0.681. The van der Waals surface area contributed by atoms with Gasteiger partial charge in [-0.25, -0.2) is 0 Å². The van der Waals surface area contributed by atoms with E-state index in [1.165, 1.54) is 0 Å². The van der Waals surface area contributed by atoms with Gasteiger partial charge in [0.1, 0.15) is 6.10 Å². The highest BCUT2D eigenvalue weighted by Crippen LogP contribution is 2.54. The molecule has 12 heteroatoms.